The van der Waals surface area contributed by atoms with E-state index in [2.05, 4.69) is 10.6 Å². The first-order chi connectivity index (χ1) is 16.7. The van der Waals surface area contributed by atoms with Gasteiger partial charge in [-0.3, -0.25) is 19.7 Å². The lowest BCUT2D eigenvalue weighted by Crippen LogP contribution is -2.19. The molecule has 178 valence electrons. The maximum absolute atomic E-state index is 13.1. The topological polar surface area (TPSA) is 139 Å². The lowest BCUT2D eigenvalue weighted by Gasteiger charge is -2.17. The second kappa shape index (κ2) is 11.6. The average Bonchev–Trinajstić information content (AvgIpc) is 2.84. The number of anilines is 2. The Kier molecular flexibility index (Phi) is 8.36. The number of amides is 2. The third kappa shape index (κ3) is 7.27. The SMILES string of the molecule is C/C(=C/C(=O)Nc1ccc(S[C@H](C(=O)Nc2ccc([N+](=O)[O-])cc2)c2ccccc2)cc1)C(=O)O. The van der Waals surface area contributed by atoms with Crippen molar-refractivity contribution < 1.29 is 24.4 Å². The van der Waals surface area contributed by atoms with Crippen LogP contribution in [0.2, 0.25) is 0 Å². The number of non-ortho nitro benzene ring substituents is 1. The first-order valence-corrected chi connectivity index (χ1v) is 11.2. The lowest BCUT2D eigenvalue weighted by atomic mass is 10.1. The Hall–Kier alpha value is -4.44. The fraction of sp³-hybridized carbons (Fsp3) is 0.0800. The molecule has 0 saturated carbocycles. The molecule has 0 spiro atoms. The number of nitrogens with one attached hydrogen (secondary N) is 2. The Labute approximate surface area is 205 Å². The van der Waals surface area contributed by atoms with Crippen molar-refractivity contribution in [2.24, 2.45) is 0 Å². The Balaban J connectivity index is 1.74. The summed E-state index contributed by atoms with van der Waals surface area (Å²) in [6, 6.07) is 21.5. The molecule has 0 aliphatic carbocycles. The first-order valence-electron chi connectivity index (χ1n) is 10.3. The number of thioether (sulfide) groups is 1. The highest BCUT2D eigenvalue weighted by Gasteiger charge is 2.22. The summed E-state index contributed by atoms with van der Waals surface area (Å²) in [6.07, 6.45) is 0.999. The van der Waals surface area contributed by atoms with Crippen molar-refractivity contribution >= 4 is 46.6 Å². The molecule has 0 bridgehead atoms. The number of carboxylic acid groups (broad SMARTS) is 1. The Morgan fingerprint density at radius 1 is 0.914 bits per heavy atom. The summed E-state index contributed by atoms with van der Waals surface area (Å²) in [5.41, 5.74) is 1.52. The molecule has 2 amide bonds. The van der Waals surface area contributed by atoms with Gasteiger partial charge in [0.05, 0.1) is 4.92 Å². The van der Waals surface area contributed by atoms with E-state index in [0.717, 1.165) is 16.5 Å². The van der Waals surface area contributed by atoms with E-state index in [1.807, 2.05) is 30.3 Å². The van der Waals surface area contributed by atoms with Crippen molar-refractivity contribution in [2.45, 2.75) is 17.1 Å². The molecule has 3 rings (SSSR count). The molecule has 35 heavy (non-hydrogen) atoms. The molecule has 3 N–H and O–H groups in total. The quantitative estimate of drug-likeness (QED) is 0.165. The second-order valence-electron chi connectivity index (χ2n) is 7.35. The van der Waals surface area contributed by atoms with Crippen LogP contribution >= 0.6 is 11.8 Å². The van der Waals surface area contributed by atoms with Gasteiger partial charge in [0.2, 0.25) is 11.8 Å². The van der Waals surface area contributed by atoms with E-state index < -0.39 is 22.0 Å². The smallest absolute Gasteiger partial charge is 0.331 e. The summed E-state index contributed by atoms with van der Waals surface area (Å²) in [6.45, 7) is 1.33. The van der Waals surface area contributed by atoms with Crippen molar-refractivity contribution in [3.05, 3.63) is 106 Å². The van der Waals surface area contributed by atoms with E-state index in [9.17, 15) is 24.5 Å². The molecule has 0 heterocycles. The monoisotopic (exact) mass is 491 g/mol. The molecule has 3 aromatic rings. The molecule has 0 radical (unpaired) electrons. The number of carbonyl (C=O) groups excluding carboxylic acids is 2. The summed E-state index contributed by atoms with van der Waals surface area (Å²) in [4.78, 5) is 47.0. The minimum atomic E-state index is -1.18. The Bertz CT molecular complexity index is 1260. The van der Waals surface area contributed by atoms with Crippen molar-refractivity contribution in [1.82, 2.24) is 0 Å². The number of carboxylic acids is 1. The maximum atomic E-state index is 13.1. The van der Waals surface area contributed by atoms with Gasteiger partial charge >= 0.3 is 5.97 Å². The van der Waals surface area contributed by atoms with E-state index in [-0.39, 0.29) is 17.2 Å². The number of benzene rings is 3. The first kappa shape index (κ1) is 25.2. The summed E-state index contributed by atoms with van der Waals surface area (Å²) >= 11 is 1.30. The van der Waals surface area contributed by atoms with Gasteiger partial charge in [0, 0.05) is 40.1 Å². The van der Waals surface area contributed by atoms with Gasteiger partial charge in [-0.2, -0.15) is 0 Å². The number of aliphatic carboxylic acids is 1. The van der Waals surface area contributed by atoms with Crippen molar-refractivity contribution in [3.8, 4) is 0 Å². The van der Waals surface area contributed by atoms with Crippen molar-refractivity contribution in [1.29, 1.82) is 0 Å². The zero-order valence-electron chi connectivity index (χ0n) is 18.5. The minimum Gasteiger partial charge on any atom is -0.478 e. The Morgan fingerprint density at radius 3 is 2.06 bits per heavy atom. The highest BCUT2D eigenvalue weighted by molar-refractivity contribution is 8.00. The number of hydrogen-bond donors (Lipinski definition) is 3. The molecule has 0 aromatic heterocycles. The zero-order valence-corrected chi connectivity index (χ0v) is 19.3. The molecule has 1 atom stereocenters. The third-order valence-electron chi connectivity index (χ3n) is 4.75. The molecule has 0 saturated heterocycles. The molecule has 9 nitrogen and oxygen atoms in total. The molecule has 0 aliphatic heterocycles. The summed E-state index contributed by atoms with van der Waals surface area (Å²) in [5.74, 6) is -2.04. The van der Waals surface area contributed by atoms with Gasteiger partial charge in [-0.25, -0.2) is 4.79 Å². The molecule has 0 unspecified atom stereocenters. The molecule has 3 aromatic carbocycles. The molecule has 10 heteroatoms. The van der Waals surface area contributed by atoms with Gasteiger partial charge in [-0.05, 0) is 48.9 Å². The second-order valence-corrected chi connectivity index (χ2v) is 8.53. The van der Waals surface area contributed by atoms with E-state index in [0.29, 0.717) is 11.4 Å². The molecular weight excluding hydrogens is 470 g/mol. The number of nitro benzene ring substituents is 1. The van der Waals surface area contributed by atoms with E-state index >= 15 is 0 Å². The van der Waals surface area contributed by atoms with Crippen LogP contribution in [0.4, 0.5) is 17.1 Å². The maximum Gasteiger partial charge on any atom is 0.331 e. The van der Waals surface area contributed by atoms with Crippen LogP contribution in [0.5, 0.6) is 0 Å². The van der Waals surface area contributed by atoms with Crippen LogP contribution in [0.1, 0.15) is 17.7 Å². The number of hydrogen-bond acceptors (Lipinski definition) is 6. The molecule has 0 aliphatic rings. The van der Waals surface area contributed by atoms with Gasteiger partial charge in [0.15, 0.2) is 0 Å². The number of carbonyl (C=O) groups is 3. The van der Waals surface area contributed by atoms with E-state index in [4.69, 9.17) is 5.11 Å². The number of rotatable bonds is 9. The van der Waals surface area contributed by atoms with Gasteiger partial charge in [0.1, 0.15) is 5.25 Å². The largest absolute Gasteiger partial charge is 0.478 e. The predicted octanol–water partition coefficient (Wildman–Crippen LogP) is 5.04. The number of nitro groups is 1. The normalized spacial score (nSPS) is 11.9. The van der Waals surface area contributed by atoms with Crippen LogP contribution in [0.15, 0.2) is 95.4 Å². The standard InChI is InChI=1S/C25H21N3O6S/c1-16(25(31)32)15-22(29)26-18-9-13-21(14-10-18)35-23(17-5-3-2-4-6-17)24(30)27-19-7-11-20(12-8-19)28(33)34/h2-15,23H,1H3,(H,26,29)(H,27,30)(H,31,32)/b16-15-/t23-/m0/s1. The molecular formula is C25H21N3O6S. The lowest BCUT2D eigenvalue weighted by molar-refractivity contribution is -0.384. The highest BCUT2D eigenvalue weighted by atomic mass is 32.2. The van der Waals surface area contributed by atoms with Crippen LogP contribution < -0.4 is 10.6 Å². The zero-order chi connectivity index (χ0) is 25.4. The fourth-order valence-electron chi connectivity index (χ4n) is 2.96. The van der Waals surface area contributed by atoms with Gasteiger partial charge in [-0.1, -0.05) is 30.3 Å². The fourth-order valence-corrected chi connectivity index (χ4v) is 3.99. The minimum absolute atomic E-state index is 0.0715. The summed E-state index contributed by atoms with van der Waals surface area (Å²) < 4.78 is 0. The van der Waals surface area contributed by atoms with Gasteiger partial charge in [0.25, 0.3) is 5.69 Å². The molecule has 0 fully saturated rings. The van der Waals surface area contributed by atoms with Gasteiger partial charge < -0.3 is 15.7 Å². The van der Waals surface area contributed by atoms with Crippen LogP contribution in [0.25, 0.3) is 0 Å². The van der Waals surface area contributed by atoms with Crippen molar-refractivity contribution in [3.63, 3.8) is 0 Å². The third-order valence-corrected chi connectivity index (χ3v) is 6.01. The van der Waals surface area contributed by atoms with Crippen LogP contribution in [0, 0.1) is 10.1 Å². The number of nitrogens with zero attached hydrogens (tertiary/aromatic N) is 1. The van der Waals surface area contributed by atoms with Crippen LogP contribution in [-0.2, 0) is 14.4 Å². The summed E-state index contributed by atoms with van der Waals surface area (Å²) in [7, 11) is 0. The average molecular weight is 492 g/mol. The Morgan fingerprint density at radius 2 is 1.49 bits per heavy atom. The van der Waals surface area contributed by atoms with Crippen LogP contribution in [0.3, 0.4) is 0 Å². The van der Waals surface area contributed by atoms with E-state index in [1.165, 1.54) is 43.0 Å². The summed E-state index contributed by atoms with van der Waals surface area (Å²) in [5, 5.41) is 24.5. The predicted molar refractivity (Wildman–Crippen MR) is 133 cm³/mol. The van der Waals surface area contributed by atoms with Crippen LogP contribution in [-0.4, -0.2) is 27.8 Å². The van der Waals surface area contributed by atoms with Crippen molar-refractivity contribution in [2.75, 3.05) is 10.6 Å². The highest BCUT2D eigenvalue weighted by Crippen LogP contribution is 2.36. The van der Waals surface area contributed by atoms with E-state index in [1.54, 1.807) is 24.3 Å². The van der Waals surface area contributed by atoms with Gasteiger partial charge in [-0.15, -0.1) is 11.8 Å².